The average molecular weight is 639 g/mol. The number of hydrogen-bond acceptors (Lipinski definition) is 8. The topological polar surface area (TPSA) is 132 Å². The molecule has 4 heterocycles. The summed E-state index contributed by atoms with van der Waals surface area (Å²) in [5, 5.41) is 10.1. The monoisotopic (exact) mass is 638 g/mol. The number of fused-ring (bicyclic) bond motifs is 7. The van der Waals surface area contributed by atoms with Gasteiger partial charge < -0.3 is 34.3 Å². The molecule has 3 aromatic carbocycles. The van der Waals surface area contributed by atoms with Crippen LogP contribution >= 0.6 is 0 Å². The van der Waals surface area contributed by atoms with Crippen molar-refractivity contribution in [2.45, 2.75) is 51.8 Å². The van der Waals surface area contributed by atoms with Crippen LogP contribution in [0, 0.1) is 13.8 Å². The third-order valence-corrected chi connectivity index (χ3v) is 8.67. The highest BCUT2D eigenvalue weighted by molar-refractivity contribution is 5.96. The Balaban J connectivity index is 1.28. The molecular formula is C36H38N4O7. The number of likely N-dealkylation sites (tertiary alicyclic amines) is 1. The van der Waals surface area contributed by atoms with Crippen molar-refractivity contribution in [2.75, 3.05) is 26.8 Å². The predicted molar refractivity (Wildman–Crippen MR) is 173 cm³/mol. The number of benzene rings is 3. The van der Waals surface area contributed by atoms with Crippen molar-refractivity contribution in [1.29, 1.82) is 0 Å². The van der Waals surface area contributed by atoms with E-state index in [1.807, 2.05) is 50.2 Å². The largest absolute Gasteiger partial charge is 0.496 e. The number of nitrogens with one attached hydrogen (secondary N) is 2. The predicted octanol–water partition coefficient (Wildman–Crippen LogP) is 4.39. The van der Waals surface area contributed by atoms with Crippen LogP contribution in [0.5, 0.6) is 17.2 Å². The van der Waals surface area contributed by atoms with E-state index in [0.29, 0.717) is 67.3 Å². The van der Waals surface area contributed by atoms with Crippen molar-refractivity contribution in [3.8, 4) is 28.4 Å². The van der Waals surface area contributed by atoms with Crippen LogP contribution in [0.3, 0.4) is 0 Å². The number of piperidine rings is 1. The van der Waals surface area contributed by atoms with Gasteiger partial charge in [-0.05, 0) is 73.9 Å². The number of nitrogens with zero attached hydrogens (tertiary/aromatic N) is 2. The number of carbonyl (C=O) groups is 3. The molecule has 0 radical (unpaired) electrons. The van der Waals surface area contributed by atoms with Crippen LogP contribution in [0.1, 0.15) is 45.8 Å². The van der Waals surface area contributed by atoms with Crippen molar-refractivity contribution < 1.29 is 33.1 Å². The minimum Gasteiger partial charge on any atom is -0.496 e. The quantitative estimate of drug-likeness (QED) is 0.337. The lowest BCUT2D eigenvalue weighted by Gasteiger charge is -2.39. The summed E-state index contributed by atoms with van der Waals surface area (Å²) >= 11 is 0. The van der Waals surface area contributed by atoms with Gasteiger partial charge in [0.25, 0.3) is 11.8 Å². The van der Waals surface area contributed by atoms with E-state index in [1.54, 1.807) is 42.3 Å². The molecule has 11 heteroatoms. The van der Waals surface area contributed by atoms with Crippen LogP contribution in [0.25, 0.3) is 11.1 Å². The number of aryl methyl sites for hydroxylation is 2. The molecule has 6 bridgehead atoms. The molecule has 1 aromatic heterocycles. The van der Waals surface area contributed by atoms with Gasteiger partial charge in [0.2, 0.25) is 5.91 Å². The second-order valence-electron chi connectivity index (χ2n) is 11.8. The Morgan fingerprint density at radius 1 is 1.02 bits per heavy atom. The highest BCUT2D eigenvalue weighted by Crippen LogP contribution is 2.33. The van der Waals surface area contributed by atoms with Gasteiger partial charge in [-0.3, -0.25) is 14.4 Å². The van der Waals surface area contributed by atoms with Gasteiger partial charge in [0.15, 0.2) is 6.61 Å². The molecule has 0 aliphatic carbocycles. The Morgan fingerprint density at radius 3 is 2.62 bits per heavy atom. The van der Waals surface area contributed by atoms with Crippen molar-refractivity contribution in [2.24, 2.45) is 0 Å². The lowest BCUT2D eigenvalue weighted by atomic mass is 9.98. The number of methoxy groups -OCH3 is 1. The van der Waals surface area contributed by atoms with Crippen LogP contribution < -0.4 is 24.8 Å². The number of carbonyl (C=O) groups excluding carboxylic acids is 3. The van der Waals surface area contributed by atoms with Gasteiger partial charge in [-0.1, -0.05) is 29.4 Å². The zero-order valence-electron chi connectivity index (χ0n) is 26.7. The summed E-state index contributed by atoms with van der Waals surface area (Å²) in [6.45, 7) is 4.69. The van der Waals surface area contributed by atoms with Crippen molar-refractivity contribution >= 4 is 17.7 Å². The molecule has 2 N–H and O–H groups in total. The molecule has 3 aliphatic heterocycles. The Morgan fingerprint density at radius 2 is 1.85 bits per heavy atom. The zero-order chi connectivity index (χ0) is 32.9. The van der Waals surface area contributed by atoms with Crippen molar-refractivity contribution in [1.82, 2.24) is 20.7 Å². The third-order valence-electron chi connectivity index (χ3n) is 8.67. The summed E-state index contributed by atoms with van der Waals surface area (Å²) in [5.41, 5.74) is 4.51. The molecule has 0 saturated carbocycles. The summed E-state index contributed by atoms with van der Waals surface area (Å²) in [4.78, 5) is 41.6. The van der Waals surface area contributed by atoms with Gasteiger partial charge in [-0.2, -0.15) is 0 Å². The van der Waals surface area contributed by atoms with E-state index in [0.717, 1.165) is 28.1 Å². The lowest BCUT2D eigenvalue weighted by molar-refractivity contribution is -0.133. The first-order valence-electron chi connectivity index (χ1n) is 15.7. The van der Waals surface area contributed by atoms with Crippen molar-refractivity contribution in [3.05, 3.63) is 94.9 Å². The van der Waals surface area contributed by atoms with Gasteiger partial charge >= 0.3 is 0 Å². The van der Waals surface area contributed by atoms with Crippen LogP contribution in [0.4, 0.5) is 0 Å². The first kappa shape index (κ1) is 31.7. The zero-order valence-corrected chi connectivity index (χ0v) is 26.7. The summed E-state index contributed by atoms with van der Waals surface area (Å²) in [6, 6.07) is 19.5. The minimum atomic E-state index is -0.480. The molecule has 4 aromatic rings. The SMILES string of the molecule is COc1ccc2cc1-c1cccc(c1)OCC(=O)NCc1ccc(cc1)O[C@@H]1CCN(C(=O)CCc3c(C)noc3C)C[C@H]1NC2=O. The van der Waals surface area contributed by atoms with Gasteiger partial charge in [0.05, 0.1) is 18.8 Å². The van der Waals surface area contributed by atoms with Crippen LogP contribution in [-0.4, -0.2) is 66.7 Å². The Bertz CT molecular complexity index is 1750. The van der Waals surface area contributed by atoms with E-state index in [9.17, 15) is 14.4 Å². The highest BCUT2D eigenvalue weighted by Gasteiger charge is 2.34. The first-order chi connectivity index (χ1) is 22.8. The highest BCUT2D eigenvalue weighted by atomic mass is 16.5. The Hall–Kier alpha value is -5.32. The van der Waals surface area contributed by atoms with Gasteiger partial charge in [0, 0.05) is 49.2 Å². The minimum absolute atomic E-state index is 0.00984. The molecule has 7 rings (SSSR count). The second-order valence-corrected chi connectivity index (χ2v) is 11.8. The molecule has 11 nitrogen and oxygen atoms in total. The summed E-state index contributed by atoms with van der Waals surface area (Å²) in [5.74, 6) is 1.87. The van der Waals surface area contributed by atoms with Crippen LogP contribution in [0.2, 0.25) is 0 Å². The van der Waals surface area contributed by atoms with E-state index in [-0.39, 0.29) is 30.4 Å². The normalized spacial score (nSPS) is 18.2. The van der Waals surface area contributed by atoms with Gasteiger partial charge in [-0.15, -0.1) is 0 Å². The molecule has 3 amide bonds. The summed E-state index contributed by atoms with van der Waals surface area (Å²) < 4.78 is 23.1. The second kappa shape index (κ2) is 14.0. The van der Waals surface area contributed by atoms with Gasteiger partial charge in [0.1, 0.15) is 29.1 Å². The van der Waals surface area contributed by atoms with E-state index >= 15 is 0 Å². The summed E-state index contributed by atoms with van der Waals surface area (Å²) in [7, 11) is 1.57. The van der Waals surface area contributed by atoms with E-state index in [1.165, 1.54) is 0 Å². The molecule has 2 atom stereocenters. The molecule has 0 spiro atoms. The molecule has 0 unspecified atom stereocenters. The Kier molecular flexibility index (Phi) is 9.42. The summed E-state index contributed by atoms with van der Waals surface area (Å²) in [6.07, 6.45) is 0.979. The van der Waals surface area contributed by atoms with E-state index in [2.05, 4.69) is 15.8 Å². The maximum Gasteiger partial charge on any atom is 0.258 e. The maximum atomic E-state index is 13.8. The smallest absolute Gasteiger partial charge is 0.258 e. The van der Waals surface area contributed by atoms with E-state index < -0.39 is 6.04 Å². The standard InChI is InChI=1S/C36H38N4O7/c1-22-29(23(2)47-39-22)12-14-35(42)40-16-15-33-31(20-40)38-36(43)26-9-13-32(44-3)30(18-26)25-5-4-6-28(17-25)45-21-34(41)37-19-24-7-10-27(46-33)11-8-24/h4-11,13,17-18,31,33H,12,14-16,19-21H2,1-3H3,(H,37,41)(H,38,43)/t31-,33-/m1/s1. The number of aromatic nitrogens is 1. The first-order valence-corrected chi connectivity index (χ1v) is 15.7. The fourth-order valence-corrected chi connectivity index (χ4v) is 6.03. The fraction of sp³-hybridized carbons (Fsp3) is 0.333. The van der Waals surface area contributed by atoms with Gasteiger partial charge in [-0.25, -0.2) is 0 Å². The number of rotatable bonds is 4. The van der Waals surface area contributed by atoms with Crippen molar-refractivity contribution in [3.63, 3.8) is 0 Å². The third kappa shape index (κ3) is 7.40. The molecule has 1 fully saturated rings. The lowest BCUT2D eigenvalue weighted by Crippen LogP contribution is -2.58. The van der Waals surface area contributed by atoms with Crippen LogP contribution in [-0.2, 0) is 22.6 Å². The molecule has 3 aliphatic rings. The molecular weight excluding hydrogens is 600 g/mol. The number of hydrogen-bond donors (Lipinski definition) is 2. The number of ether oxygens (including phenoxy) is 3. The average Bonchev–Trinajstić information content (AvgIpc) is 3.41. The molecule has 47 heavy (non-hydrogen) atoms. The van der Waals surface area contributed by atoms with Crippen LogP contribution in [0.15, 0.2) is 71.3 Å². The maximum absolute atomic E-state index is 13.8. The molecule has 1 saturated heterocycles. The Labute approximate surface area is 273 Å². The molecule has 244 valence electrons. The number of amides is 3. The fourth-order valence-electron chi connectivity index (χ4n) is 6.03. The van der Waals surface area contributed by atoms with E-state index in [4.69, 9.17) is 18.7 Å².